The Morgan fingerprint density at radius 1 is 0.296 bits per heavy atom. The fourth-order valence-corrected chi connectivity index (χ4v) is 4.17. The van der Waals surface area contributed by atoms with Crippen molar-refractivity contribution in [2.24, 2.45) is 47.3 Å². The zero-order valence-electron chi connectivity index (χ0n) is 35.9. The maximum atomic E-state index is 12.5. The zero-order valence-corrected chi connectivity index (χ0v) is 35.9. The van der Waals surface area contributed by atoms with Gasteiger partial charge in [0.2, 0.25) is 47.3 Å². The number of amides is 8. The summed E-state index contributed by atoms with van der Waals surface area (Å²) in [7, 11) is 0. The van der Waals surface area contributed by atoms with Crippen molar-refractivity contribution in [2.75, 3.05) is 40.0 Å². The number of carbonyl (C=O) groups is 8. The van der Waals surface area contributed by atoms with Gasteiger partial charge in [0.25, 0.3) is 0 Å². The predicted molar refractivity (Wildman–Crippen MR) is 208 cm³/mol. The lowest BCUT2D eigenvalue weighted by Gasteiger charge is -2.33. The van der Waals surface area contributed by atoms with E-state index >= 15 is 0 Å². The second kappa shape index (κ2) is 25.7. The van der Waals surface area contributed by atoms with Gasteiger partial charge in [0.05, 0.1) is 40.0 Å². The first-order chi connectivity index (χ1) is 24.8. The van der Waals surface area contributed by atoms with Gasteiger partial charge in [-0.05, 0) is 0 Å². The molecule has 4 N–H and O–H groups in total. The van der Waals surface area contributed by atoms with Crippen LogP contribution in [0.4, 0.5) is 0 Å². The van der Waals surface area contributed by atoms with E-state index in [4.69, 9.17) is 0 Å². The summed E-state index contributed by atoms with van der Waals surface area (Å²) >= 11 is 0. The molecule has 54 heavy (non-hydrogen) atoms. The summed E-state index contributed by atoms with van der Waals surface area (Å²) in [5.74, 6) is -3.43. The molecule has 0 aromatic heterocycles. The van der Waals surface area contributed by atoms with Gasteiger partial charge in [0, 0.05) is 47.3 Å². The predicted octanol–water partition coefficient (Wildman–Crippen LogP) is 2.75. The van der Waals surface area contributed by atoms with Crippen LogP contribution in [0, 0.1) is 47.3 Å². The molecule has 0 saturated heterocycles. The highest BCUT2D eigenvalue weighted by atomic mass is 16.2. The molecule has 16 heteroatoms. The second-order valence-corrected chi connectivity index (χ2v) is 15.8. The van der Waals surface area contributed by atoms with Gasteiger partial charge in [0.15, 0.2) is 0 Å². The summed E-state index contributed by atoms with van der Waals surface area (Å²) in [4.78, 5) is 103. The third-order valence-electron chi connectivity index (χ3n) is 7.78. The minimum atomic E-state index is -0.290. The molecule has 0 aromatic carbocycles. The van der Waals surface area contributed by atoms with Crippen molar-refractivity contribution < 1.29 is 38.4 Å². The molecule has 312 valence electrons. The fourth-order valence-electron chi connectivity index (χ4n) is 4.17. The van der Waals surface area contributed by atoms with Crippen LogP contribution >= 0.6 is 0 Å². The summed E-state index contributed by atoms with van der Waals surface area (Å²) in [5, 5.41) is 10.9. The Morgan fingerprint density at radius 3 is 0.556 bits per heavy atom. The summed E-state index contributed by atoms with van der Waals surface area (Å²) < 4.78 is 0. The van der Waals surface area contributed by atoms with Crippen LogP contribution in [0.15, 0.2) is 0 Å². The van der Waals surface area contributed by atoms with Crippen LogP contribution in [0.3, 0.4) is 0 Å². The monoisotopic (exact) mass is 769 g/mol. The van der Waals surface area contributed by atoms with Crippen LogP contribution < -0.4 is 21.3 Å². The molecule has 0 fully saturated rings. The van der Waals surface area contributed by atoms with Crippen molar-refractivity contribution in [2.45, 2.75) is 111 Å². The topological polar surface area (TPSA) is 198 Å². The Kier molecular flexibility index (Phi) is 24.7. The Morgan fingerprint density at radius 2 is 0.444 bits per heavy atom. The van der Waals surface area contributed by atoms with Gasteiger partial charge in [-0.1, -0.05) is 111 Å². The molecule has 0 bridgehead atoms. The highest BCUT2D eigenvalue weighted by Gasteiger charge is 2.27. The molecule has 0 spiro atoms. The zero-order chi connectivity index (χ0) is 42.6. The lowest BCUT2D eigenvalue weighted by atomic mass is 10.2. The molecule has 0 aromatic rings. The van der Waals surface area contributed by atoms with Gasteiger partial charge in [-0.25, -0.2) is 0 Å². The van der Waals surface area contributed by atoms with Crippen LogP contribution in [0.5, 0.6) is 0 Å². The highest BCUT2D eigenvalue weighted by Crippen LogP contribution is 2.09. The van der Waals surface area contributed by atoms with E-state index in [0.29, 0.717) is 0 Å². The van der Waals surface area contributed by atoms with E-state index in [0.717, 1.165) is 0 Å². The molecule has 0 atom stereocenters. The standard InChI is InChI=1S/2C19H36N4O4/c2*1-12(2)16(24)20-9-22(18(26)14(5)6)11-23(19(27)15(7)8)10-21-17(25)13(3)4/h2*12-15H,9-11H2,1-8H3,(H,20,24)(H,21,25). The number of rotatable bonds is 20. The first-order valence-electron chi connectivity index (χ1n) is 19.0. The Bertz CT molecular complexity index is 1060. The lowest BCUT2D eigenvalue weighted by Crippen LogP contribution is -2.53. The summed E-state index contributed by atoms with van der Waals surface area (Å²) in [6.07, 6.45) is 0. The van der Waals surface area contributed by atoms with E-state index in [-0.39, 0.29) is 135 Å². The Labute approximate surface area is 324 Å². The molecular formula is C38H72N8O8. The summed E-state index contributed by atoms with van der Waals surface area (Å²) in [6, 6.07) is 0. The molecule has 0 aliphatic heterocycles. The molecule has 0 heterocycles. The van der Waals surface area contributed by atoms with Crippen LogP contribution in [-0.2, 0) is 38.4 Å². The number of hydrogen-bond acceptors (Lipinski definition) is 8. The normalized spacial score (nSPS) is 11.1. The molecule has 0 rings (SSSR count). The van der Waals surface area contributed by atoms with E-state index in [1.165, 1.54) is 19.6 Å². The van der Waals surface area contributed by atoms with Crippen molar-refractivity contribution in [1.82, 2.24) is 40.9 Å². The van der Waals surface area contributed by atoms with Crippen LogP contribution in [-0.4, -0.2) is 107 Å². The van der Waals surface area contributed by atoms with Crippen LogP contribution in [0.1, 0.15) is 111 Å². The molecule has 8 amide bonds. The number of carbonyl (C=O) groups excluding carboxylic acids is 8. The highest BCUT2D eigenvalue weighted by molar-refractivity contribution is 5.84. The first-order valence-corrected chi connectivity index (χ1v) is 19.0. The van der Waals surface area contributed by atoms with Crippen molar-refractivity contribution >= 4 is 47.3 Å². The van der Waals surface area contributed by atoms with E-state index in [1.807, 2.05) is 0 Å². The van der Waals surface area contributed by atoms with E-state index in [1.54, 1.807) is 111 Å². The van der Waals surface area contributed by atoms with Crippen LogP contribution in [0.2, 0.25) is 0 Å². The quantitative estimate of drug-likeness (QED) is 0.136. The van der Waals surface area contributed by atoms with Crippen molar-refractivity contribution in [1.29, 1.82) is 0 Å². The van der Waals surface area contributed by atoms with Gasteiger partial charge in [-0.3, -0.25) is 38.4 Å². The molecule has 0 aliphatic rings. The SMILES string of the molecule is CC(C)C(=O)NCN(CN(CNC(=O)C(C)C)C(=O)C(C)C)C(=O)C(C)C.CC(C)C(=O)NCN(CN(CNC(=O)C(C)C)C(=O)C(C)C)C(=O)C(C)C. The number of nitrogens with zero attached hydrogens (tertiary/aromatic N) is 4. The smallest absolute Gasteiger partial charge is 0.227 e. The fraction of sp³-hybridized carbons (Fsp3) is 0.789. The largest absolute Gasteiger partial charge is 0.338 e. The maximum absolute atomic E-state index is 12.5. The van der Waals surface area contributed by atoms with Crippen molar-refractivity contribution in [3.63, 3.8) is 0 Å². The van der Waals surface area contributed by atoms with E-state index in [9.17, 15) is 38.4 Å². The van der Waals surface area contributed by atoms with E-state index < -0.39 is 0 Å². The average molecular weight is 769 g/mol. The molecular weight excluding hydrogens is 696 g/mol. The third kappa shape index (κ3) is 20.3. The third-order valence-corrected chi connectivity index (χ3v) is 7.78. The van der Waals surface area contributed by atoms with Crippen molar-refractivity contribution in [3.8, 4) is 0 Å². The van der Waals surface area contributed by atoms with Gasteiger partial charge in [0.1, 0.15) is 0 Å². The van der Waals surface area contributed by atoms with Gasteiger partial charge in [-0.2, -0.15) is 0 Å². The second-order valence-electron chi connectivity index (χ2n) is 15.8. The Balaban J connectivity index is 0. The summed E-state index contributed by atoms with van der Waals surface area (Å²) in [6.45, 7) is 28.2. The van der Waals surface area contributed by atoms with Crippen LogP contribution in [0.25, 0.3) is 0 Å². The molecule has 0 unspecified atom stereocenters. The molecule has 16 nitrogen and oxygen atoms in total. The summed E-state index contributed by atoms with van der Waals surface area (Å²) in [5.41, 5.74) is 0. The minimum Gasteiger partial charge on any atom is -0.338 e. The average Bonchev–Trinajstić information content (AvgIpc) is 3.08. The first kappa shape index (κ1) is 51.9. The van der Waals surface area contributed by atoms with Crippen molar-refractivity contribution in [3.05, 3.63) is 0 Å². The van der Waals surface area contributed by atoms with Gasteiger partial charge < -0.3 is 40.9 Å². The van der Waals surface area contributed by atoms with Gasteiger partial charge >= 0.3 is 0 Å². The molecule has 0 aliphatic carbocycles. The number of nitrogens with one attached hydrogen (secondary N) is 4. The molecule has 0 radical (unpaired) electrons. The molecule has 0 saturated carbocycles. The van der Waals surface area contributed by atoms with Gasteiger partial charge in [-0.15, -0.1) is 0 Å². The number of hydrogen-bond donors (Lipinski definition) is 4. The van der Waals surface area contributed by atoms with E-state index in [2.05, 4.69) is 21.3 Å². The lowest BCUT2D eigenvalue weighted by molar-refractivity contribution is -0.147. The minimum absolute atomic E-state index is 0.00797. The Hall–Kier alpha value is -4.24. The maximum Gasteiger partial charge on any atom is 0.227 e.